The van der Waals surface area contributed by atoms with Crippen molar-refractivity contribution < 1.29 is 0 Å². The molecule has 0 spiro atoms. The number of unbranched alkanes of at least 4 members (excludes halogenated alkanes) is 9. The van der Waals surface area contributed by atoms with E-state index in [1.165, 1.54) is 81.8 Å². The van der Waals surface area contributed by atoms with Gasteiger partial charge >= 0.3 is 0 Å². The highest BCUT2D eigenvalue weighted by atomic mass is 127. The van der Waals surface area contributed by atoms with Gasteiger partial charge in [-0.1, -0.05) is 89.0 Å². The van der Waals surface area contributed by atoms with Crippen LogP contribution in [0.3, 0.4) is 0 Å². The first-order chi connectivity index (χ1) is 12.3. The number of hydrogen-bond donors (Lipinski definition) is 1. The van der Waals surface area contributed by atoms with Gasteiger partial charge in [-0.2, -0.15) is 0 Å². The predicted octanol–water partition coefficient (Wildman–Crippen LogP) is 5.90. The van der Waals surface area contributed by atoms with Crippen LogP contribution in [0.2, 0.25) is 0 Å². The van der Waals surface area contributed by atoms with Crippen LogP contribution in [0.5, 0.6) is 0 Å². The zero-order valence-electron chi connectivity index (χ0n) is 16.6. The van der Waals surface area contributed by atoms with Crippen molar-refractivity contribution in [2.45, 2.75) is 84.1 Å². The molecule has 1 aliphatic rings. The van der Waals surface area contributed by atoms with Crippen LogP contribution in [-0.2, 0) is 13.0 Å². The van der Waals surface area contributed by atoms with Gasteiger partial charge < -0.3 is 10.6 Å². The van der Waals surface area contributed by atoms with E-state index in [1.807, 2.05) is 0 Å². The second kappa shape index (κ2) is 14.3. The fraction of sp³-hybridized carbons (Fsp3) is 0.682. The molecule has 0 fully saturated rings. The largest absolute Gasteiger partial charge is 0.370 e. The fourth-order valence-electron chi connectivity index (χ4n) is 3.51. The average Bonchev–Trinajstić information content (AvgIpc) is 3.03. The Morgan fingerprint density at radius 1 is 0.846 bits per heavy atom. The van der Waals surface area contributed by atoms with Gasteiger partial charge in [0.1, 0.15) is 0 Å². The summed E-state index contributed by atoms with van der Waals surface area (Å²) in [7, 11) is 0. The predicted molar refractivity (Wildman–Crippen MR) is 124 cm³/mol. The molecule has 2 rings (SSSR count). The second-order valence-corrected chi connectivity index (χ2v) is 7.41. The Kier molecular flexibility index (Phi) is 12.8. The number of benzene rings is 1. The number of aryl methyl sites for hydroxylation is 1. The van der Waals surface area contributed by atoms with Gasteiger partial charge in [0, 0.05) is 13.1 Å². The molecular weight excluding hydrogens is 433 g/mol. The topological polar surface area (TPSA) is 41.6 Å². The van der Waals surface area contributed by atoms with Gasteiger partial charge in [-0.05, 0) is 24.0 Å². The molecule has 1 aromatic rings. The van der Waals surface area contributed by atoms with E-state index >= 15 is 0 Å². The van der Waals surface area contributed by atoms with Crippen LogP contribution in [-0.4, -0.2) is 23.9 Å². The lowest BCUT2D eigenvalue weighted by Gasteiger charge is -2.17. The standard InChI is InChI=1S/C22H37N3.HI/c1-2-3-4-5-6-7-8-9-10-11-12-20-13-15-21(16-14-20)19-25-18-17-24-22(25)23;/h13-16H,2-12,17-19H2,1H3,(H2,23,24);1H. The quantitative estimate of drug-likeness (QED) is 0.288. The Bertz CT molecular complexity index is 499. The second-order valence-electron chi connectivity index (χ2n) is 7.41. The number of aliphatic imine (C=N–C) groups is 1. The molecule has 0 aromatic heterocycles. The zero-order chi connectivity index (χ0) is 17.7. The van der Waals surface area contributed by atoms with E-state index in [0.717, 1.165) is 19.6 Å². The first-order valence-electron chi connectivity index (χ1n) is 10.4. The molecule has 0 saturated carbocycles. The van der Waals surface area contributed by atoms with Crippen LogP contribution in [0.15, 0.2) is 29.3 Å². The molecular formula is C22H38IN3. The summed E-state index contributed by atoms with van der Waals surface area (Å²) in [5.41, 5.74) is 8.67. The summed E-state index contributed by atoms with van der Waals surface area (Å²) in [6.45, 7) is 4.95. The molecule has 0 atom stereocenters. The molecule has 0 radical (unpaired) electrons. The molecule has 1 aromatic carbocycles. The molecule has 1 aliphatic heterocycles. The van der Waals surface area contributed by atoms with E-state index in [0.29, 0.717) is 5.96 Å². The van der Waals surface area contributed by atoms with Crippen LogP contribution in [0, 0.1) is 0 Å². The van der Waals surface area contributed by atoms with Crippen molar-refractivity contribution in [2.24, 2.45) is 10.7 Å². The van der Waals surface area contributed by atoms with Crippen LogP contribution < -0.4 is 5.73 Å². The third-order valence-corrected chi connectivity index (χ3v) is 5.18. The average molecular weight is 471 g/mol. The van der Waals surface area contributed by atoms with Crippen LogP contribution in [0.4, 0.5) is 0 Å². The summed E-state index contributed by atoms with van der Waals surface area (Å²) < 4.78 is 0. The Morgan fingerprint density at radius 3 is 1.92 bits per heavy atom. The maximum atomic E-state index is 5.88. The van der Waals surface area contributed by atoms with Gasteiger partial charge in [0.05, 0.1) is 6.54 Å². The lowest BCUT2D eigenvalue weighted by atomic mass is 10.0. The van der Waals surface area contributed by atoms with Crippen molar-refractivity contribution in [2.75, 3.05) is 13.1 Å². The normalized spacial score (nSPS) is 13.6. The summed E-state index contributed by atoms with van der Waals surface area (Å²) in [4.78, 5) is 6.39. The molecule has 1 heterocycles. The minimum Gasteiger partial charge on any atom is -0.370 e. The van der Waals surface area contributed by atoms with Crippen molar-refractivity contribution in [3.8, 4) is 0 Å². The highest BCUT2D eigenvalue weighted by Gasteiger charge is 2.13. The van der Waals surface area contributed by atoms with Crippen LogP contribution >= 0.6 is 24.0 Å². The third-order valence-electron chi connectivity index (χ3n) is 5.18. The first-order valence-corrected chi connectivity index (χ1v) is 10.4. The van der Waals surface area contributed by atoms with E-state index in [4.69, 9.17) is 5.73 Å². The van der Waals surface area contributed by atoms with Gasteiger partial charge in [-0.25, -0.2) is 0 Å². The highest BCUT2D eigenvalue weighted by molar-refractivity contribution is 14.0. The number of halogens is 1. The maximum absolute atomic E-state index is 5.88. The van der Waals surface area contributed by atoms with Crippen molar-refractivity contribution in [3.05, 3.63) is 35.4 Å². The van der Waals surface area contributed by atoms with Gasteiger partial charge in [0.2, 0.25) is 0 Å². The molecule has 0 unspecified atom stereocenters. The van der Waals surface area contributed by atoms with E-state index in [2.05, 4.69) is 41.1 Å². The molecule has 0 bridgehead atoms. The minimum absolute atomic E-state index is 0. The minimum atomic E-state index is 0. The zero-order valence-corrected chi connectivity index (χ0v) is 18.9. The van der Waals surface area contributed by atoms with Crippen molar-refractivity contribution in [1.82, 2.24) is 4.90 Å². The van der Waals surface area contributed by atoms with Gasteiger partial charge in [-0.15, -0.1) is 24.0 Å². The Morgan fingerprint density at radius 2 is 1.38 bits per heavy atom. The number of hydrogen-bond acceptors (Lipinski definition) is 3. The summed E-state index contributed by atoms with van der Waals surface area (Å²) >= 11 is 0. The van der Waals surface area contributed by atoms with Crippen LogP contribution in [0.25, 0.3) is 0 Å². The molecule has 26 heavy (non-hydrogen) atoms. The Hall–Kier alpha value is -0.780. The molecule has 3 nitrogen and oxygen atoms in total. The number of rotatable bonds is 13. The van der Waals surface area contributed by atoms with Gasteiger partial charge in [0.15, 0.2) is 5.96 Å². The summed E-state index contributed by atoms with van der Waals surface area (Å²) in [6.07, 6.45) is 15.2. The van der Waals surface area contributed by atoms with E-state index in [1.54, 1.807) is 0 Å². The summed E-state index contributed by atoms with van der Waals surface area (Å²) in [5.74, 6) is 0.689. The number of guanidine groups is 1. The molecule has 0 saturated heterocycles. The Balaban J connectivity index is 0.00000338. The van der Waals surface area contributed by atoms with Crippen LogP contribution in [0.1, 0.15) is 82.3 Å². The molecule has 2 N–H and O–H groups in total. The Labute approximate surface area is 177 Å². The van der Waals surface area contributed by atoms with E-state index in [9.17, 15) is 0 Å². The van der Waals surface area contributed by atoms with Gasteiger partial charge in [-0.3, -0.25) is 4.99 Å². The van der Waals surface area contributed by atoms with Crippen molar-refractivity contribution in [3.63, 3.8) is 0 Å². The van der Waals surface area contributed by atoms with Crippen molar-refractivity contribution in [1.29, 1.82) is 0 Å². The third kappa shape index (κ3) is 9.24. The molecule has 4 heteroatoms. The number of nitrogens with two attached hydrogens (primary N) is 1. The fourth-order valence-corrected chi connectivity index (χ4v) is 3.51. The number of nitrogens with zero attached hydrogens (tertiary/aromatic N) is 2. The SMILES string of the molecule is CCCCCCCCCCCCc1ccc(CN2CCN=C2N)cc1.I. The molecule has 148 valence electrons. The van der Waals surface area contributed by atoms with E-state index < -0.39 is 0 Å². The smallest absolute Gasteiger partial charge is 0.191 e. The maximum Gasteiger partial charge on any atom is 0.191 e. The highest BCUT2D eigenvalue weighted by Crippen LogP contribution is 2.14. The summed E-state index contributed by atoms with van der Waals surface area (Å²) in [6, 6.07) is 9.06. The monoisotopic (exact) mass is 471 g/mol. The van der Waals surface area contributed by atoms with Gasteiger partial charge in [0.25, 0.3) is 0 Å². The van der Waals surface area contributed by atoms with E-state index in [-0.39, 0.29) is 24.0 Å². The first kappa shape index (κ1) is 23.3. The molecule has 0 aliphatic carbocycles. The lowest BCUT2D eigenvalue weighted by Crippen LogP contribution is -2.33. The van der Waals surface area contributed by atoms with Crippen molar-refractivity contribution >= 4 is 29.9 Å². The molecule has 0 amide bonds. The lowest BCUT2D eigenvalue weighted by molar-refractivity contribution is 0.448. The summed E-state index contributed by atoms with van der Waals surface area (Å²) in [5, 5.41) is 0.